The van der Waals surface area contributed by atoms with Crippen molar-refractivity contribution in [2.45, 2.75) is 32.9 Å². The topological polar surface area (TPSA) is 82.1 Å². The van der Waals surface area contributed by atoms with E-state index in [-0.39, 0.29) is 31.4 Å². The zero-order valence-corrected chi connectivity index (χ0v) is 16.0. The first-order valence-corrected chi connectivity index (χ1v) is 8.88. The Hall–Kier alpha value is -2.12. The summed E-state index contributed by atoms with van der Waals surface area (Å²) in [5.41, 5.74) is 3.35. The first kappa shape index (κ1) is 20.2. The molecule has 7 nitrogen and oxygen atoms in total. The molecular weight excluding hydrogens is 334 g/mol. The Bertz CT molecular complexity index is 662. The second-order valence-corrected chi connectivity index (χ2v) is 6.70. The van der Waals surface area contributed by atoms with Crippen molar-refractivity contribution in [2.75, 3.05) is 40.4 Å². The van der Waals surface area contributed by atoms with Gasteiger partial charge in [-0.25, -0.2) is 0 Å². The van der Waals surface area contributed by atoms with Crippen LogP contribution in [0.5, 0.6) is 5.75 Å². The Labute approximate surface area is 154 Å². The van der Waals surface area contributed by atoms with E-state index in [4.69, 9.17) is 9.84 Å². The minimum absolute atomic E-state index is 0.0901. The molecule has 1 aliphatic rings. The number of carbonyl (C=O) groups excluding carboxylic acids is 2. The van der Waals surface area contributed by atoms with Crippen LogP contribution in [0.3, 0.4) is 0 Å². The van der Waals surface area contributed by atoms with Crippen molar-refractivity contribution >= 4 is 11.8 Å². The first-order valence-electron chi connectivity index (χ1n) is 8.88. The highest BCUT2D eigenvalue weighted by molar-refractivity contribution is 5.88. The molecule has 0 aromatic heterocycles. The molecule has 7 heteroatoms. The molecule has 0 aliphatic carbocycles. The van der Waals surface area contributed by atoms with Gasteiger partial charge in [0.2, 0.25) is 11.8 Å². The van der Waals surface area contributed by atoms with E-state index in [2.05, 4.69) is 10.2 Å². The van der Waals surface area contributed by atoms with Crippen molar-refractivity contribution in [3.63, 3.8) is 0 Å². The molecule has 1 aromatic carbocycles. The number of amides is 2. The number of hydrogen-bond donors (Lipinski definition) is 2. The van der Waals surface area contributed by atoms with E-state index in [9.17, 15) is 9.59 Å². The average Bonchev–Trinajstić information content (AvgIpc) is 2.62. The van der Waals surface area contributed by atoms with Crippen molar-refractivity contribution in [1.82, 2.24) is 15.1 Å². The normalized spacial score (nSPS) is 17.7. The molecule has 1 atom stereocenters. The van der Waals surface area contributed by atoms with Crippen molar-refractivity contribution in [2.24, 2.45) is 0 Å². The molecule has 2 N–H and O–H groups in total. The maximum atomic E-state index is 12.4. The number of aliphatic hydroxyl groups is 1. The molecule has 1 heterocycles. The second kappa shape index (κ2) is 9.00. The molecule has 0 radical (unpaired) electrons. The van der Waals surface area contributed by atoms with Crippen LogP contribution in [0.25, 0.3) is 0 Å². The van der Waals surface area contributed by atoms with Gasteiger partial charge in [0.25, 0.3) is 0 Å². The van der Waals surface area contributed by atoms with Gasteiger partial charge in [0.15, 0.2) is 0 Å². The number of nitrogens with one attached hydrogen (secondary N) is 1. The summed E-state index contributed by atoms with van der Waals surface area (Å²) in [4.78, 5) is 28.2. The predicted molar refractivity (Wildman–Crippen MR) is 99.0 cm³/mol. The molecule has 0 bridgehead atoms. The Morgan fingerprint density at radius 3 is 2.77 bits per heavy atom. The molecule has 1 unspecified atom stereocenters. The molecule has 2 rings (SSSR count). The van der Waals surface area contributed by atoms with E-state index >= 15 is 0 Å². The summed E-state index contributed by atoms with van der Waals surface area (Å²) in [6, 6.07) is 3.46. The summed E-state index contributed by atoms with van der Waals surface area (Å²) in [5.74, 6) is 0.582. The number of nitrogens with zero attached hydrogens (tertiary/aromatic N) is 2. The van der Waals surface area contributed by atoms with Crippen molar-refractivity contribution in [3.8, 4) is 5.75 Å². The number of benzene rings is 1. The van der Waals surface area contributed by atoms with Crippen molar-refractivity contribution in [1.29, 1.82) is 0 Å². The Morgan fingerprint density at radius 2 is 2.12 bits per heavy atom. The molecular formula is C19H29N3O4. The zero-order chi connectivity index (χ0) is 19.3. The third-order valence-electron chi connectivity index (χ3n) is 5.11. The van der Waals surface area contributed by atoms with Crippen molar-refractivity contribution in [3.05, 3.63) is 28.8 Å². The Kier molecular flexibility index (Phi) is 6.99. The molecule has 1 aliphatic heterocycles. The highest BCUT2D eigenvalue weighted by Crippen LogP contribution is 2.26. The molecule has 1 fully saturated rings. The maximum absolute atomic E-state index is 12.4. The van der Waals surface area contributed by atoms with Crippen LogP contribution in [-0.2, 0) is 16.1 Å². The summed E-state index contributed by atoms with van der Waals surface area (Å²) < 4.78 is 5.36. The van der Waals surface area contributed by atoms with Gasteiger partial charge in [-0.2, -0.15) is 0 Å². The third kappa shape index (κ3) is 4.53. The van der Waals surface area contributed by atoms with Crippen LogP contribution in [0.4, 0.5) is 0 Å². The fraction of sp³-hybridized carbons (Fsp3) is 0.579. The second-order valence-electron chi connectivity index (χ2n) is 6.70. The van der Waals surface area contributed by atoms with E-state index in [1.807, 2.05) is 26.0 Å². The number of likely N-dealkylation sites (N-methyl/N-ethyl adjacent to an activating group) is 1. The minimum Gasteiger partial charge on any atom is -0.496 e. The van der Waals surface area contributed by atoms with Gasteiger partial charge < -0.3 is 20.1 Å². The summed E-state index contributed by atoms with van der Waals surface area (Å²) >= 11 is 0. The van der Waals surface area contributed by atoms with Gasteiger partial charge in [0, 0.05) is 33.2 Å². The number of piperazine rings is 1. The summed E-state index contributed by atoms with van der Waals surface area (Å²) in [6.07, 6.45) is 0.108. The number of hydrogen-bond acceptors (Lipinski definition) is 5. The van der Waals surface area contributed by atoms with Gasteiger partial charge in [-0.15, -0.1) is 0 Å². The summed E-state index contributed by atoms with van der Waals surface area (Å²) in [6.45, 7) is 6.11. The van der Waals surface area contributed by atoms with Gasteiger partial charge in [-0.3, -0.25) is 14.5 Å². The average molecular weight is 363 g/mol. The van der Waals surface area contributed by atoms with Crippen LogP contribution in [0, 0.1) is 13.8 Å². The summed E-state index contributed by atoms with van der Waals surface area (Å²) in [5, 5.41) is 11.8. The van der Waals surface area contributed by atoms with E-state index in [0.29, 0.717) is 19.6 Å². The molecule has 0 spiro atoms. The smallest absolute Gasteiger partial charge is 0.237 e. The number of ether oxygens (including phenoxy) is 1. The van der Waals surface area contributed by atoms with E-state index in [1.165, 1.54) is 4.90 Å². The number of carbonyl (C=O) groups is 2. The molecule has 2 amide bonds. The van der Waals surface area contributed by atoms with E-state index in [0.717, 1.165) is 22.4 Å². The largest absolute Gasteiger partial charge is 0.496 e. The van der Waals surface area contributed by atoms with Gasteiger partial charge in [-0.1, -0.05) is 6.07 Å². The zero-order valence-electron chi connectivity index (χ0n) is 16.0. The molecule has 1 aromatic rings. The van der Waals surface area contributed by atoms with E-state index < -0.39 is 6.04 Å². The lowest BCUT2D eigenvalue weighted by molar-refractivity contribution is -0.138. The van der Waals surface area contributed by atoms with Crippen LogP contribution in [-0.4, -0.2) is 73.2 Å². The Balaban J connectivity index is 2.16. The fourth-order valence-corrected chi connectivity index (χ4v) is 3.23. The molecule has 144 valence electrons. The SMILES string of the molecule is COc1ccc(CN2CCNC(=O)C2CC(=O)N(C)CCO)c(C)c1C. The first-order chi connectivity index (χ1) is 12.4. The van der Waals surface area contributed by atoms with Crippen LogP contribution in [0.1, 0.15) is 23.1 Å². The van der Waals surface area contributed by atoms with Gasteiger partial charge in [0.1, 0.15) is 5.75 Å². The number of aliphatic hydroxyl groups excluding tert-OH is 1. The monoisotopic (exact) mass is 363 g/mol. The van der Waals surface area contributed by atoms with E-state index in [1.54, 1.807) is 14.2 Å². The van der Waals surface area contributed by atoms with Crippen LogP contribution in [0.2, 0.25) is 0 Å². The standard InChI is InChI=1S/C19H29N3O4/c1-13-14(2)17(26-4)6-5-15(13)12-22-8-7-20-19(25)16(22)11-18(24)21(3)9-10-23/h5-6,16,23H,7-12H2,1-4H3,(H,20,25). The Morgan fingerprint density at radius 1 is 1.38 bits per heavy atom. The molecule has 1 saturated heterocycles. The fourth-order valence-electron chi connectivity index (χ4n) is 3.23. The lowest BCUT2D eigenvalue weighted by Gasteiger charge is -2.35. The summed E-state index contributed by atoms with van der Waals surface area (Å²) in [7, 11) is 3.29. The number of rotatable bonds is 7. The van der Waals surface area contributed by atoms with Crippen LogP contribution >= 0.6 is 0 Å². The lowest BCUT2D eigenvalue weighted by Crippen LogP contribution is -2.56. The third-order valence-corrected chi connectivity index (χ3v) is 5.11. The quantitative estimate of drug-likeness (QED) is 0.735. The van der Waals surface area contributed by atoms with Gasteiger partial charge in [0.05, 0.1) is 26.2 Å². The lowest BCUT2D eigenvalue weighted by atomic mass is 10.00. The van der Waals surface area contributed by atoms with Crippen LogP contribution in [0.15, 0.2) is 12.1 Å². The highest BCUT2D eigenvalue weighted by atomic mass is 16.5. The highest BCUT2D eigenvalue weighted by Gasteiger charge is 2.32. The van der Waals surface area contributed by atoms with Gasteiger partial charge in [-0.05, 0) is 36.6 Å². The minimum atomic E-state index is -0.501. The van der Waals surface area contributed by atoms with Gasteiger partial charge >= 0.3 is 0 Å². The van der Waals surface area contributed by atoms with Crippen molar-refractivity contribution < 1.29 is 19.4 Å². The number of methoxy groups -OCH3 is 1. The van der Waals surface area contributed by atoms with Crippen LogP contribution < -0.4 is 10.1 Å². The predicted octanol–water partition coefficient (Wildman–Crippen LogP) is 0.453. The molecule has 0 saturated carbocycles. The maximum Gasteiger partial charge on any atom is 0.237 e. The molecule has 26 heavy (non-hydrogen) atoms.